The Morgan fingerprint density at radius 1 is 1.35 bits per heavy atom. The molecule has 0 bridgehead atoms. The molecule has 0 atom stereocenters. The number of carbonyl (C=O) groups is 2. The predicted octanol–water partition coefficient (Wildman–Crippen LogP) is -0.809. The Kier molecular flexibility index (Phi) is 5.05. The van der Waals surface area contributed by atoms with Crippen molar-refractivity contribution in [1.82, 2.24) is 25.2 Å². The molecule has 1 aliphatic heterocycles. The molecule has 1 fully saturated rings. The van der Waals surface area contributed by atoms with Crippen molar-refractivity contribution in [1.29, 1.82) is 0 Å². The Hall–Kier alpha value is -1.96. The van der Waals surface area contributed by atoms with Gasteiger partial charge in [0.2, 0.25) is 5.91 Å². The molecule has 2 N–H and O–H groups in total. The highest BCUT2D eigenvalue weighted by molar-refractivity contribution is 5.78. The summed E-state index contributed by atoms with van der Waals surface area (Å²) in [5, 5.41) is 19.5. The molecular formula is C12H19N5O3. The van der Waals surface area contributed by atoms with Crippen LogP contribution in [0.3, 0.4) is 0 Å². The third kappa shape index (κ3) is 4.02. The van der Waals surface area contributed by atoms with E-state index in [2.05, 4.69) is 15.6 Å². The number of hydrogen-bond acceptors (Lipinski definition) is 5. The van der Waals surface area contributed by atoms with E-state index in [1.54, 1.807) is 22.0 Å². The molecule has 8 nitrogen and oxygen atoms in total. The fourth-order valence-corrected chi connectivity index (χ4v) is 2.23. The van der Waals surface area contributed by atoms with Gasteiger partial charge in [-0.25, -0.2) is 0 Å². The molecule has 20 heavy (non-hydrogen) atoms. The first-order valence-corrected chi connectivity index (χ1v) is 6.72. The number of carboxylic acid groups (broad SMARTS) is 1. The van der Waals surface area contributed by atoms with E-state index < -0.39 is 5.97 Å². The lowest BCUT2D eigenvalue weighted by molar-refractivity contribution is -0.145. The molecule has 8 heteroatoms. The summed E-state index contributed by atoms with van der Waals surface area (Å²) in [5.74, 6) is -1.05. The Morgan fingerprint density at radius 3 is 2.70 bits per heavy atom. The topological polar surface area (TPSA) is 100 Å². The Balaban J connectivity index is 1.62. The van der Waals surface area contributed by atoms with Gasteiger partial charge in [-0.15, -0.1) is 5.10 Å². The van der Waals surface area contributed by atoms with Gasteiger partial charge in [0.1, 0.15) is 0 Å². The quantitative estimate of drug-likeness (QED) is 0.662. The highest BCUT2D eigenvalue weighted by atomic mass is 16.4. The summed E-state index contributed by atoms with van der Waals surface area (Å²) in [6.45, 7) is 2.63. The van der Waals surface area contributed by atoms with Crippen molar-refractivity contribution in [3.63, 3.8) is 0 Å². The fraction of sp³-hybridized carbons (Fsp3) is 0.667. The second-order valence-corrected chi connectivity index (χ2v) is 4.84. The van der Waals surface area contributed by atoms with Crippen LogP contribution in [-0.4, -0.2) is 63.1 Å². The number of nitrogens with one attached hydrogen (secondary N) is 1. The van der Waals surface area contributed by atoms with E-state index in [4.69, 9.17) is 5.11 Å². The number of nitrogens with zero attached hydrogens (tertiary/aromatic N) is 4. The average molecular weight is 281 g/mol. The van der Waals surface area contributed by atoms with Crippen LogP contribution in [0.1, 0.15) is 12.8 Å². The lowest BCUT2D eigenvalue weighted by Crippen LogP contribution is -2.44. The van der Waals surface area contributed by atoms with Gasteiger partial charge in [-0.2, -0.15) is 0 Å². The van der Waals surface area contributed by atoms with E-state index in [0.29, 0.717) is 39.0 Å². The lowest BCUT2D eigenvalue weighted by Gasteiger charge is -2.30. The standard InChI is InChI=1S/C12H19N5O3/c18-11(9-13-3-7-17-8-4-14-15-17)16-5-1-10(2-6-16)12(19)20/h4,8,10,13H,1-3,5-7,9H2,(H,19,20). The van der Waals surface area contributed by atoms with Gasteiger partial charge >= 0.3 is 5.97 Å². The maximum absolute atomic E-state index is 11.9. The lowest BCUT2D eigenvalue weighted by atomic mass is 9.97. The zero-order valence-electron chi connectivity index (χ0n) is 11.2. The number of aliphatic carboxylic acids is 1. The third-order valence-corrected chi connectivity index (χ3v) is 3.46. The highest BCUT2D eigenvalue weighted by Gasteiger charge is 2.26. The second kappa shape index (κ2) is 6.99. The first kappa shape index (κ1) is 14.4. The summed E-state index contributed by atoms with van der Waals surface area (Å²) in [6, 6.07) is 0. The van der Waals surface area contributed by atoms with Crippen LogP contribution >= 0.6 is 0 Å². The minimum absolute atomic E-state index is 0.0208. The summed E-state index contributed by atoms with van der Waals surface area (Å²) in [6.07, 6.45) is 4.46. The van der Waals surface area contributed by atoms with Crippen LogP contribution in [0.4, 0.5) is 0 Å². The zero-order valence-corrected chi connectivity index (χ0v) is 11.2. The number of carboxylic acids is 1. The summed E-state index contributed by atoms with van der Waals surface area (Å²) in [4.78, 5) is 24.5. The molecular weight excluding hydrogens is 262 g/mol. The number of carbonyl (C=O) groups excluding carboxylic acids is 1. The SMILES string of the molecule is O=C(O)C1CCN(C(=O)CNCCn2ccnn2)CC1. The number of piperidine rings is 1. The maximum Gasteiger partial charge on any atom is 0.306 e. The minimum atomic E-state index is -0.761. The normalized spacial score (nSPS) is 16.3. The number of amides is 1. The van der Waals surface area contributed by atoms with Crippen molar-refractivity contribution in [2.24, 2.45) is 5.92 Å². The maximum atomic E-state index is 11.9. The molecule has 1 aliphatic rings. The molecule has 1 aromatic heterocycles. The second-order valence-electron chi connectivity index (χ2n) is 4.84. The summed E-state index contributed by atoms with van der Waals surface area (Å²) < 4.78 is 1.69. The van der Waals surface area contributed by atoms with Crippen LogP contribution in [0.25, 0.3) is 0 Å². The van der Waals surface area contributed by atoms with Crippen LogP contribution in [0, 0.1) is 5.92 Å². The highest BCUT2D eigenvalue weighted by Crippen LogP contribution is 2.16. The van der Waals surface area contributed by atoms with Gasteiger partial charge < -0.3 is 15.3 Å². The summed E-state index contributed by atoms with van der Waals surface area (Å²) in [5.41, 5.74) is 0. The average Bonchev–Trinajstić information content (AvgIpc) is 2.96. The van der Waals surface area contributed by atoms with Gasteiger partial charge in [0.15, 0.2) is 0 Å². The first-order valence-electron chi connectivity index (χ1n) is 6.72. The first-order chi connectivity index (χ1) is 9.66. The molecule has 1 saturated heterocycles. The number of hydrogen-bond donors (Lipinski definition) is 2. The van der Waals surface area contributed by atoms with Crippen molar-refractivity contribution in [3.8, 4) is 0 Å². The molecule has 1 amide bonds. The predicted molar refractivity (Wildman–Crippen MR) is 69.8 cm³/mol. The molecule has 110 valence electrons. The fourth-order valence-electron chi connectivity index (χ4n) is 2.23. The van der Waals surface area contributed by atoms with Crippen LogP contribution in [-0.2, 0) is 16.1 Å². The number of likely N-dealkylation sites (tertiary alicyclic amines) is 1. The van der Waals surface area contributed by atoms with Crippen molar-refractivity contribution in [3.05, 3.63) is 12.4 Å². The number of aromatic nitrogens is 3. The largest absolute Gasteiger partial charge is 0.481 e. The molecule has 0 radical (unpaired) electrons. The van der Waals surface area contributed by atoms with Gasteiger partial charge in [-0.05, 0) is 12.8 Å². The molecule has 2 rings (SSSR count). The van der Waals surface area contributed by atoms with Crippen molar-refractivity contribution >= 4 is 11.9 Å². The van der Waals surface area contributed by atoms with E-state index in [9.17, 15) is 9.59 Å². The van der Waals surface area contributed by atoms with Gasteiger partial charge in [-0.3, -0.25) is 14.3 Å². The molecule has 0 spiro atoms. The molecule has 0 unspecified atom stereocenters. The summed E-state index contributed by atoms with van der Waals surface area (Å²) in [7, 11) is 0. The zero-order chi connectivity index (χ0) is 14.4. The number of rotatable bonds is 6. The van der Waals surface area contributed by atoms with Crippen molar-refractivity contribution < 1.29 is 14.7 Å². The van der Waals surface area contributed by atoms with Crippen LogP contribution < -0.4 is 5.32 Å². The van der Waals surface area contributed by atoms with Crippen LogP contribution in [0.2, 0.25) is 0 Å². The van der Waals surface area contributed by atoms with Gasteiger partial charge in [0.25, 0.3) is 0 Å². The van der Waals surface area contributed by atoms with E-state index in [1.165, 1.54) is 0 Å². The van der Waals surface area contributed by atoms with E-state index in [-0.39, 0.29) is 18.4 Å². The van der Waals surface area contributed by atoms with Crippen LogP contribution in [0.15, 0.2) is 12.4 Å². The Morgan fingerprint density at radius 2 is 2.10 bits per heavy atom. The van der Waals surface area contributed by atoms with E-state index in [1.807, 2.05) is 0 Å². The minimum Gasteiger partial charge on any atom is -0.481 e. The molecule has 0 aromatic carbocycles. The van der Waals surface area contributed by atoms with Crippen LogP contribution in [0.5, 0.6) is 0 Å². The Labute approximate surface area is 116 Å². The molecule has 2 heterocycles. The van der Waals surface area contributed by atoms with Gasteiger partial charge in [0, 0.05) is 25.8 Å². The molecule has 0 saturated carbocycles. The monoisotopic (exact) mass is 281 g/mol. The third-order valence-electron chi connectivity index (χ3n) is 3.46. The smallest absolute Gasteiger partial charge is 0.306 e. The van der Waals surface area contributed by atoms with Gasteiger partial charge in [0.05, 0.1) is 25.2 Å². The van der Waals surface area contributed by atoms with E-state index >= 15 is 0 Å². The van der Waals surface area contributed by atoms with Gasteiger partial charge in [-0.1, -0.05) is 5.21 Å². The van der Waals surface area contributed by atoms with Crippen molar-refractivity contribution in [2.45, 2.75) is 19.4 Å². The van der Waals surface area contributed by atoms with E-state index in [0.717, 1.165) is 0 Å². The summed E-state index contributed by atoms with van der Waals surface area (Å²) >= 11 is 0. The molecule has 1 aromatic rings. The Bertz CT molecular complexity index is 440. The molecule has 0 aliphatic carbocycles. The van der Waals surface area contributed by atoms with Crippen molar-refractivity contribution in [2.75, 3.05) is 26.2 Å².